The SMILES string of the molecule is O=C(CC1CCCN1)NCC(O)c1ccc2ccccc2c1. The van der Waals surface area contributed by atoms with E-state index in [2.05, 4.69) is 10.6 Å². The third-order valence-electron chi connectivity index (χ3n) is 4.25. The van der Waals surface area contributed by atoms with Crippen LogP contribution in [0.4, 0.5) is 0 Å². The van der Waals surface area contributed by atoms with Gasteiger partial charge in [0.1, 0.15) is 0 Å². The molecule has 4 heteroatoms. The minimum atomic E-state index is -0.676. The van der Waals surface area contributed by atoms with E-state index >= 15 is 0 Å². The summed E-state index contributed by atoms with van der Waals surface area (Å²) in [4.78, 5) is 11.9. The molecule has 3 N–H and O–H groups in total. The molecule has 0 spiro atoms. The fourth-order valence-corrected chi connectivity index (χ4v) is 2.97. The second-order valence-corrected chi connectivity index (χ2v) is 5.92. The van der Waals surface area contributed by atoms with Crippen LogP contribution in [0.15, 0.2) is 42.5 Å². The van der Waals surface area contributed by atoms with Crippen molar-refractivity contribution in [2.24, 2.45) is 0 Å². The summed E-state index contributed by atoms with van der Waals surface area (Å²) < 4.78 is 0. The molecule has 0 radical (unpaired) electrons. The number of carbonyl (C=O) groups is 1. The van der Waals surface area contributed by atoms with Crippen molar-refractivity contribution < 1.29 is 9.90 Å². The van der Waals surface area contributed by atoms with Crippen molar-refractivity contribution >= 4 is 16.7 Å². The van der Waals surface area contributed by atoms with Crippen molar-refractivity contribution in [1.82, 2.24) is 10.6 Å². The second-order valence-electron chi connectivity index (χ2n) is 5.92. The number of hydrogen-bond donors (Lipinski definition) is 3. The second kappa shape index (κ2) is 6.90. The predicted molar refractivity (Wildman–Crippen MR) is 87.6 cm³/mol. The van der Waals surface area contributed by atoms with Gasteiger partial charge in [-0.1, -0.05) is 36.4 Å². The molecule has 1 amide bonds. The average molecular weight is 298 g/mol. The first kappa shape index (κ1) is 15.0. The zero-order chi connectivity index (χ0) is 15.4. The number of aliphatic hydroxyl groups excluding tert-OH is 1. The monoisotopic (exact) mass is 298 g/mol. The fraction of sp³-hybridized carbons (Fsp3) is 0.389. The molecule has 1 aliphatic heterocycles. The highest BCUT2D eigenvalue weighted by molar-refractivity contribution is 5.83. The van der Waals surface area contributed by atoms with E-state index in [9.17, 15) is 9.90 Å². The van der Waals surface area contributed by atoms with Gasteiger partial charge in [-0.2, -0.15) is 0 Å². The lowest BCUT2D eigenvalue weighted by atomic mass is 10.0. The van der Waals surface area contributed by atoms with Gasteiger partial charge in [-0.15, -0.1) is 0 Å². The van der Waals surface area contributed by atoms with Crippen LogP contribution in [0, 0.1) is 0 Å². The topological polar surface area (TPSA) is 61.4 Å². The number of rotatable bonds is 5. The van der Waals surface area contributed by atoms with Crippen molar-refractivity contribution in [3.63, 3.8) is 0 Å². The maximum absolute atomic E-state index is 11.9. The van der Waals surface area contributed by atoms with E-state index in [1.54, 1.807) is 0 Å². The van der Waals surface area contributed by atoms with Gasteiger partial charge in [0.2, 0.25) is 5.91 Å². The zero-order valence-corrected chi connectivity index (χ0v) is 12.6. The van der Waals surface area contributed by atoms with E-state index in [4.69, 9.17) is 0 Å². The van der Waals surface area contributed by atoms with Gasteiger partial charge < -0.3 is 15.7 Å². The highest BCUT2D eigenvalue weighted by Gasteiger charge is 2.18. The van der Waals surface area contributed by atoms with Gasteiger partial charge in [-0.3, -0.25) is 4.79 Å². The number of nitrogens with one attached hydrogen (secondary N) is 2. The summed E-state index contributed by atoms with van der Waals surface area (Å²) >= 11 is 0. The molecule has 2 aromatic rings. The zero-order valence-electron chi connectivity index (χ0n) is 12.6. The predicted octanol–water partition coefficient (Wildman–Crippen LogP) is 2.13. The number of fused-ring (bicyclic) bond motifs is 1. The number of amides is 1. The summed E-state index contributed by atoms with van der Waals surface area (Å²) in [7, 11) is 0. The average Bonchev–Trinajstić information content (AvgIpc) is 3.05. The lowest BCUT2D eigenvalue weighted by Crippen LogP contribution is -2.34. The third-order valence-corrected chi connectivity index (χ3v) is 4.25. The Balaban J connectivity index is 1.55. The summed E-state index contributed by atoms with van der Waals surface area (Å²) in [6.45, 7) is 1.25. The summed E-state index contributed by atoms with van der Waals surface area (Å²) in [6, 6.07) is 14.2. The van der Waals surface area contributed by atoms with Crippen molar-refractivity contribution in [1.29, 1.82) is 0 Å². The van der Waals surface area contributed by atoms with Crippen molar-refractivity contribution in [2.75, 3.05) is 13.1 Å². The molecule has 1 fully saturated rings. The van der Waals surface area contributed by atoms with Crippen LogP contribution in [0.3, 0.4) is 0 Å². The first-order valence-corrected chi connectivity index (χ1v) is 7.89. The number of benzene rings is 2. The van der Waals surface area contributed by atoms with Crippen LogP contribution in [0.1, 0.15) is 30.9 Å². The molecule has 22 heavy (non-hydrogen) atoms. The molecule has 0 bridgehead atoms. The minimum Gasteiger partial charge on any atom is -0.387 e. The van der Waals surface area contributed by atoms with Crippen molar-refractivity contribution in [3.05, 3.63) is 48.0 Å². The van der Waals surface area contributed by atoms with Crippen LogP contribution in [-0.4, -0.2) is 30.1 Å². The smallest absolute Gasteiger partial charge is 0.221 e. The summed E-state index contributed by atoms with van der Waals surface area (Å²) in [5, 5.41) is 18.6. The Hall–Kier alpha value is -1.91. The van der Waals surface area contributed by atoms with E-state index in [0.717, 1.165) is 35.7 Å². The largest absolute Gasteiger partial charge is 0.387 e. The van der Waals surface area contributed by atoms with Crippen LogP contribution in [0.2, 0.25) is 0 Å². The Kier molecular flexibility index (Phi) is 4.71. The summed E-state index contributed by atoms with van der Waals surface area (Å²) in [5.74, 6) is -0.000704. The Morgan fingerprint density at radius 1 is 1.27 bits per heavy atom. The number of aliphatic hydroxyl groups is 1. The van der Waals surface area contributed by atoms with E-state index in [1.807, 2.05) is 42.5 Å². The first-order chi connectivity index (χ1) is 10.7. The molecular formula is C18H22N2O2. The Morgan fingerprint density at radius 2 is 2.09 bits per heavy atom. The molecule has 0 saturated carbocycles. The third kappa shape index (κ3) is 3.64. The highest BCUT2D eigenvalue weighted by atomic mass is 16.3. The lowest BCUT2D eigenvalue weighted by Gasteiger charge is -2.15. The Morgan fingerprint density at radius 3 is 2.86 bits per heavy atom. The standard InChI is InChI=1S/C18H22N2O2/c21-17(12-20-18(22)11-16-6-3-9-19-16)15-8-7-13-4-1-2-5-14(13)10-15/h1-2,4-5,7-8,10,16-17,19,21H,3,6,9,11-12H2,(H,20,22). The van der Waals surface area contributed by atoms with Crippen LogP contribution in [0.5, 0.6) is 0 Å². The van der Waals surface area contributed by atoms with Gasteiger partial charge >= 0.3 is 0 Å². The van der Waals surface area contributed by atoms with Crippen LogP contribution >= 0.6 is 0 Å². The van der Waals surface area contributed by atoms with Crippen LogP contribution in [-0.2, 0) is 4.79 Å². The van der Waals surface area contributed by atoms with Gasteiger partial charge in [0.25, 0.3) is 0 Å². The quantitative estimate of drug-likeness (QED) is 0.792. The molecule has 2 aromatic carbocycles. The van der Waals surface area contributed by atoms with E-state index in [-0.39, 0.29) is 18.5 Å². The Bertz CT molecular complexity index is 650. The number of hydrogen-bond acceptors (Lipinski definition) is 3. The van der Waals surface area contributed by atoms with Gasteiger partial charge in [0.05, 0.1) is 6.10 Å². The molecule has 0 aromatic heterocycles. The van der Waals surface area contributed by atoms with Gasteiger partial charge in [-0.05, 0) is 41.8 Å². The molecule has 1 heterocycles. The highest BCUT2D eigenvalue weighted by Crippen LogP contribution is 2.20. The normalized spacial score (nSPS) is 19.2. The Labute approximate surface area is 130 Å². The maximum Gasteiger partial charge on any atom is 0.221 e. The summed E-state index contributed by atoms with van der Waals surface area (Å²) in [5.41, 5.74) is 0.831. The first-order valence-electron chi connectivity index (χ1n) is 7.89. The molecule has 4 nitrogen and oxygen atoms in total. The molecule has 1 saturated heterocycles. The van der Waals surface area contributed by atoms with Crippen molar-refractivity contribution in [2.45, 2.75) is 31.4 Å². The number of carbonyl (C=O) groups excluding carboxylic acids is 1. The van der Waals surface area contributed by atoms with Gasteiger partial charge in [0, 0.05) is 19.0 Å². The van der Waals surface area contributed by atoms with Crippen molar-refractivity contribution in [3.8, 4) is 0 Å². The molecule has 0 aliphatic carbocycles. The van der Waals surface area contributed by atoms with E-state index in [0.29, 0.717) is 6.42 Å². The molecule has 3 rings (SSSR count). The summed E-state index contributed by atoms with van der Waals surface area (Å²) in [6.07, 6.45) is 2.01. The molecule has 2 atom stereocenters. The fourth-order valence-electron chi connectivity index (χ4n) is 2.97. The van der Waals surface area contributed by atoms with Crippen LogP contribution < -0.4 is 10.6 Å². The van der Waals surface area contributed by atoms with E-state index in [1.165, 1.54) is 0 Å². The maximum atomic E-state index is 11.9. The molecule has 1 aliphatic rings. The van der Waals surface area contributed by atoms with Gasteiger partial charge in [0.15, 0.2) is 0 Å². The minimum absolute atomic E-state index is 0.000704. The molecule has 2 unspecified atom stereocenters. The molecular weight excluding hydrogens is 276 g/mol. The van der Waals surface area contributed by atoms with Gasteiger partial charge in [-0.25, -0.2) is 0 Å². The van der Waals surface area contributed by atoms with Crippen LogP contribution in [0.25, 0.3) is 10.8 Å². The molecule has 116 valence electrons. The lowest BCUT2D eigenvalue weighted by molar-refractivity contribution is -0.122. The van der Waals surface area contributed by atoms with E-state index < -0.39 is 6.10 Å².